The normalized spacial score (nSPS) is 10.6. The van der Waals surface area contributed by atoms with E-state index in [1.807, 2.05) is 30.5 Å². The van der Waals surface area contributed by atoms with E-state index in [9.17, 15) is 9.59 Å². The summed E-state index contributed by atoms with van der Waals surface area (Å²) in [5.41, 5.74) is 3.11. The summed E-state index contributed by atoms with van der Waals surface area (Å²) in [5, 5.41) is 1.01. The number of rotatable bonds is 6. The van der Waals surface area contributed by atoms with Crippen molar-refractivity contribution in [2.24, 2.45) is 0 Å². The molecule has 0 atom stereocenters. The second kappa shape index (κ2) is 7.21. The second-order valence-corrected chi connectivity index (χ2v) is 5.78. The summed E-state index contributed by atoms with van der Waals surface area (Å²) in [7, 11) is 1.54. The highest BCUT2D eigenvalue weighted by atomic mass is 16.5. The van der Waals surface area contributed by atoms with E-state index in [4.69, 9.17) is 9.47 Å². The molecule has 3 rings (SSSR count). The Bertz CT molecular complexity index is 926. The fraction of sp³-hybridized carbons (Fsp3) is 0.200. The van der Waals surface area contributed by atoms with Crippen molar-refractivity contribution >= 4 is 22.7 Å². The summed E-state index contributed by atoms with van der Waals surface area (Å²) in [4.78, 5) is 26.9. The minimum atomic E-state index is -0.333. The van der Waals surface area contributed by atoms with E-state index in [-0.39, 0.29) is 24.8 Å². The Labute approximate surface area is 145 Å². The third-order valence-corrected chi connectivity index (χ3v) is 4.09. The van der Waals surface area contributed by atoms with Crippen LogP contribution in [0.1, 0.15) is 28.4 Å². The Morgan fingerprint density at radius 1 is 1.08 bits per heavy atom. The van der Waals surface area contributed by atoms with Gasteiger partial charge in [-0.05, 0) is 36.8 Å². The van der Waals surface area contributed by atoms with Crippen LogP contribution in [-0.4, -0.2) is 23.8 Å². The smallest absolute Gasteiger partial charge is 0.310 e. The number of hydrogen-bond donors (Lipinski definition) is 1. The molecule has 0 aliphatic heterocycles. The highest BCUT2D eigenvalue weighted by Gasteiger charge is 2.12. The van der Waals surface area contributed by atoms with Crippen LogP contribution < -0.4 is 4.74 Å². The maximum Gasteiger partial charge on any atom is 0.310 e. The zero-order chi connectivity index (χ0) is 17.8. The van der Waals surface area contributed by atoms with E-state index in [1.165, 1.54) is 6.92 Å². The summed E-state index contributed by atoms with van der Waals surface area (Å²) in [5.74, 6) is 0.207. The van der Waals surface area contributed by atoms with Crippen LogP contribution in [-0.2, 0) is 22.6 Å². The number of Topliss-reactive ketones (excluding diaryl/α,β-unsaturated/α-hetero) is 1. The molecule has 5 heteroatoms. The topological polar surface area (TPSA) is 68.4 Å². The maximum atomic E-state index is 12.2. The molecule has 128 valence electrons. The minimum Gasteiger partial charge on any atom is -0.496 e. The first-order chi connectivity index (χ1) is 12.1. The molecule has 0 spiro atoms. The van der Waals surface area contributed by atoms with E-state index in [2.05, 4.69) is 4.98 Å². The fourth-order valence-electron chi connectivity index (χ4n) is 2.75. The van der Waals surface area contributed by atoms with Gasteiger partial charge in [-0.2, -0.15) is 0 Å². The van der Waals surface area contributed by atoms with E-state index in [0.29, 0.717) is 16.9 Å². The molecule has 0 aliphatic carbocycles. The molecule has 0 aliphatic rings. The number of para-hydroxylation sites is 1. The molecule has 5 nitrogen and oxygen atoms in total. The van der Waals surface area contributed by atoms with Crippen molar-refractivity contribution in [3.05, 3.63) is 65.4 Å². The third-order valence-electron chi connectivity index (χ3n) is 4.09. The number of methoxy groups -OCH3 is 1. The molecule has 2 aromatic carbocycles. The Morgan fingerprint density at radius 2 is 1.88 bits per heavy atom. The van der Waals surface area contributed by atoms with Crippen LogP contribution in [0.25, 0.3) is 10.9 Å². The first kappa shape index (κ1) is 16.8. The molecule has 0 unspecified atom stereocenters. The highest BCUT2D eigenvalue weighted by molar-refractivity contribution is 5.94. The first-order valence-electron chi connectivity index (χ1n) is 7.97. The standard InChI is InChI=1S/C20H19NO4/c1-13(22)14-7-8-19(24-2)16(9-14)12-25-20(23)10-15-11-21-18-6-4-3-5-17(15)18/h3-9,11,21H,10,12H2,1-2H3. The zero-order valence-corrected chi connectivity index (χ0v) is 14.2. The molecule has 0 amide bonds. The van der Waals surface area contributed by atoms with Crippen molar-refractivity contribution < 1.29 is 19.1 Å². The van der Waals surface area contributed by atoms with E-state index in [0.717, 1.165) is 16.5 Å². The SMILES string of the molecule is COc1ccc(C(C)=O)cc1COC(=O)Cc1c[nH]c2ccccc12. The summed E-state index contributed by atoms with van der Waals surface area (Å²) in [6, 6.07) is 12.9. The van der Waals surface area contributed by atoms with Gasteiger partial charge < -0.3 is 14.5 Å². The Balaban J connectivity index is 1.70. The number of fused-ring (bicyclic) bond motifs is 1. The largest absolute Gasteiger partial charge is 0.496 e. The highest BCUT2D eigenvalue weighted by Crippen LogP contribution is 2.22. The van der Waals surface area contributed by atoms with Crippen molar-refractivity contribution in [2.45, 2.75) is 20.0 Å². The van der Waals surface area contributed by atoms with Gasteiger partial charge in [-0.15, -0.1) is 0 Å². The van der Waals surface area contributed by atoms with Gasteiger partial charge in [-0.25, -0.2) is 0 Å². The van der Waals surface area contributed by atoms with E-state index in [1.54, 1.807) is 25.3 Å². The number of aromatic amines is 1. The fourth-order valence-corrected chi connectivity index (χ4v) is 2.75. The third kappa shape index (κ3) is 3.71. The van der Waals surface area contributed by atoms with Crippen LogP contribution in [0, 0.1) is 0 Å². The van der Waals surface area contributed by atoms with Crippen molar-refractivity contribution in [1.29, 1.82) is 0 Å². The van der Waals surface area contributed by atoms with Gasteiger partial charge in [0.25, 0.3) is 0 Å². The first-order valence-corrected chi connectivity index (χ1v) is 7.97. The van der Waals surface area contributed by atoms with Gasteiger partial charge in [0.1, 0.15) is 12.4 Å². The van der Waals surface area contributed by atoms with Gasteiger partial charge in [-0.3, -0.25) is 9.59 Å². The minimum absolute atomic E-state index is 0.0472. The lowest BCUT2D eigenvalue weighted by Crippen LogP contribution is -2.09. The van der Waals surface area contributed by atoms with Crippen molar-refractivity contribution in [3.63, 3.8) is 0 Å². The molecule has 0 bridgehead atoms. The molecule has 3 aromatic rings. The summed E-state index contributed by atoms with van der Waals surface area (Å²) >= 11 is 0. The Morgan fingerprint density at radius 3 is 2.64 bits per heavy atom. The number of ether oxygens (including phenoxy) is 2. The van der Waals surface area contributed by atoms with Gasteiger partial charge in [0.05, 0.1) is 13.5 Å². The Kier molecular flexibility index (Phi) is 4.84. The van der Waals surface area contributed by atoms with Gasteiger partial charge in [0.2, 0.25) is 0 Å². The quantitative estimate of drug-likeness (QED) is 0.550. The zero-order valence-electron chi connectivity index (χ0n) is 14.2. The van der Waals surface area contributed by atoms with Crippen LogP contribution in [0.5, 0.6) is 5.75 Å². The van der Waals surface area contributed by atoms with E-state index < -0.39 is 0 Å². The predicted molar refractivity (Wildman–Crippen MR) is 94.8 cm³/mol. The number of nitrogens with one attached hydrogen (secondary N) is 1. The van der Waals surface area contributed by atoms with Gasteiger partial charge in [0.15, 0.2) is 5.78 Å². The van der Waals surface area contributed by atoms with E-state index >= 15 is 0 Å². The molecule has 1 aromatic heterocycles. The number of esters is 1. The number of aromatic nitrogens is 1. The van der Waals surface area contributed by atoms with Crippen LogP contribution in [0.4, 0.5) is 0 Å². The average molecular weight is 337 g/mol. The van der Waals surface area contributed by atoms with Gasteiger partial charge in [-0.1, -0.05) is 18.2 Å². The molecular formula is C20H19NO4. The van der Waals surface area contributed by atoms with Crippen LogP contribution in [0.15, 0.2) is 48.7 Å². The van der Waals surface area contributed by atoms with Crippen molar-refractivity contribution in [1.82, 2.24) is 4.98 Å². The van der Waals surface area contributed by atoms with Crippen molar-refractivity contribution in [2.75, 3.05) is 7.11 Å². The molecule has 1 heterocycles. The number of carbonyl (C=O) groups excluding carboxylic acids is 2. The lowest BCUT2D eigenvalue weighted by molar-refractivity contribution is -0.144. The van der Waals surface area contributed by atoms with Gasteiger partial charge in [0, 0.05) is 28.2 Å². The van der Waals surface area contributed by atoms with Crippen LogP contribution in [0.3, 0.4) is 0 Å². The summed E-state index contributed by atoms with van der Waals surface area (Å²) in [6.07, 6.45) is 2.00. The molecule has 0 radical (unpaired) electrons. The molecular weight excluding hydrogens is 318 g/mol. The summed E-state index contributed by atoms with van der Waals surface area (Å²) < 4.78 is 10.7. The average Bonchev–Trinajstić information content (AvgIpc) is 3.02. The second-order valence-electron chi connectivity index (χ2n) is 5.78. The Hall–Kier alpha value is -3.08. The molecule has 0 saturated heterocycles. The number of ketones is 1. The molecule has 25 heavy (non-hydrogen) atoms. The molecule has 0 saturated carbocycles. The van der Waals surface area contributed by atoms with Crippen LogP contribution >= 0.6 is 0 Å². The summed E-state index contributed by atoms with van der Waals surface area (Å²) in [6.45, 7) is 1.56. The van der Waals surface area contributed by atoms with Gasteiger partial charge >= 0.3 is 5.97 Å². The maximum absolute atomic E-state index is 12.2. The number of hydrogen-bond acceptors (Lipinski definition) is 4. The molecule has 1 N–H and O–H groups in total. The number of carbonyl (C=O) groups is 2. The number of H-pyrrole nitrogens is 1. The number of benzene rings is 2. The lowest BCUT2D eigenvalue weighted by atomic mass is 10.1. The monoisotopic (exact) mass is 337 g/mol. The van der Waals surface area contributed by atoms with Crippen LogP contribution in [0.2, 0.25) is 0 Å². The van der Waals surface area contributed by atoms with Crippen molar-refractivity contribution in [3.8, 4) is 5.75 Å². The molecule has 0 fully saturated rings. The lowest BCUT2D eigenvalue weighted by Gasteiger charge is -2.10. The predicted octanol–water partition coefficient (Wildman–Crippen LogP) is 3.67.